The molecule has 5 heavy (non-hydrogen) atoms. The van der Waals surface area contributed by atoms with Gasteiger partial charge in [-0.15, -0.1) is 0 Å². The van der Waals surface area contributed by atoms with Gasteiger partial charge in [-0.2, -0.15) is 0 Å². The van der Waals surface area contributed by atoms with Gasteiger partial charge in [0.05, 0.1) is 5.84 Å². The van der Waals surface area contributed by atoms with Gasteiger partial charge in [0.25, 0.3) is 0 Å². The highest BCUT2D eigenvalue weighted by atomic mass is 35.5. The van der Waals surface area contributed by atoms with Gasteiger partial charge in [-0.1, -0.05) is 0 Å². The van der Waals surface area contributed by atoms with Crippen molar-refractivity contribution in [3.05, 3.63) is 0 Å². The summed E-state index contributed by atoms with van der Waals surface area (Å²) < 4.78 is 0. The van der Waals surface area contributed by atoms with Crippen LogP contribution in [0.4, 0.5) is 0 Å². The second-order valence-corrected chi connectivity index (χ2v) is 0.683. The molecule has 0 aliphatic heterocycles. The van der Waals surface area contributed by atoms with E-state index in [1.165, 1.54) is 6.92 Å². The summed E-state index contributed by atoms with van der Waals surface area (Å²) in [5.74, 6) is 0.167. The molecule has 0 saturated heterocycles. The molecule has 0 fully saturated rings. The fourth-order valence-electron chi connectivity index (χ4n) is 0. The highest BCUT2D eigenvalue weighted by Gasteiger charge is 1.53. The number of rotatable bonds is 0. The highest BCUT2D eigenvalue weighted by Crippen LogP contribution is 1.36. The first kappa shape index (κ1) is 8.83. The summed E-state index contributed by atoms with van der Waals surface area (Å²) in [6.45, 7) is 1.53. The summed E-state index contributed by atoms with van der Waals surface area (Å²) >= 11 is 0. The molecule has 0 atom stereocenters. The first-order valence-corrected chi connectivity index (χ1v) is 1.04. The van der Waals surface area contributed by atoms with Crippen molar-refractivity contribution in [2.45, 2.75) is 6.92 Å². The van der Waals surface area contributed by atoms with Crippen LogP contribution in [0.25, 0.3) is 0 Å². The van der Waals surface area contributed by atoms with Crippen molar-refractivity contribution in [1.29, 1.82) is 5.41 Å². The lowest BCUT2D eigenvalue weighted by atomic mass is 10.8. The molecule has 32 valence electrons. The topological polar surface area (TPSA) is 49.9 Å². The Bertz CT molecular complexity index is 34.5. The molecule has 0 amide bonds. The van der Waals surface area contributed by atoms with Crippen molar-refractivity contribution in [3.63, 3.8) is 0 Å². The molecule has 0 unspecified atom stereocenters. The number of halogens is 1. The predicted molar refractivity (Wildman–Crippen MR) is 18.7 cm³/mol. The zero-order valence-electron chi connectivity index (χ0n) is 3.96. The van der Waals surface area contributed by atoms with Gasteiger partial charge in [-0.05, 0) is 6.92 Å². The van der Waals surface area contributed by atoms with Crippen LogP contribution in [-0.4, -0.2) is 5.84 Å². The lowest BCUT2D eigenvalue weighted by molar-refractivity contribution is -0.00000142. The predicted octanol–water partition coefficient (Wildman–Crippen LogP) is -2.94. The van der Waals surface area contributed by atoms with Crippen LogP contribution in [-0.2, 0) is 0 Å². The molecule has 3 heteroatoms. The molecule has 0 aliphatic rings. The van der Waals surface area contributed by atoms with E-state index in [0.717, 1.165) is 0 Å². The molecule has 0 aromatic heterocycles. The van der Waals surface area contributed by atoms with Crippen LogP contribution in [0.3, 0.4) is 0 Å². The molecule has 0 aromatic rings. The van der Waals surface area contributed by atoms with Gasteiger partial charge in [-0.3, -0.25) is 5.41 Å². The van der Waals surface area contributed by atoms with Gasteiger partial charge in [0.15, 0.2) is 0 Å². The van der Waals surface area contributed by atoms with Crippen LogP contribution in [0.1, 0.15) is 8.35 Å². The number of hydrogen-bond donors (Lipinski definition) is 2. The van der Waals surface area contributed by atoms with Gasteiger partial charge in [-0.25, -0.2) is 0 Å². The lowest BCUT2D eigenvalue weighted by Gasteiger charge is -1.66. The Morgan fingerprint density at radius 1 is 2.00 bits per heavy atom. The van der Waals surface area contributed by atoms with E-state index in [-0.39, 0.29) is 19.7 Å². The zero-order chi connectivity index (χ0) is 3.58. The Morgan fingerprint density at radius 2 is 2.00 bits per heavy atom. The van der Waals surface area contributed by atoms with E-state index < -0.39 is 0 Å². The molecule has 2 nitrogen and oxygen atoms in total. The summed E-state index contributed by atoms with van der Waals surface area (Å²) in [7, 11) is 0. The maximum atomic E-state index is 6.28. The molecule has 3 N–H and O–H groups in total. The smallest absolute Gasteiger partial charge is 1.00 e. The Morgan fingerprint density at radius 3 is 2.00 bits per heavy atom. The molecular formula is C2H7ClN2. The van der Waals surface area contributed by atoms with E-state index in [0.29, 0.717) is 0 Å². The summed E-state index contributed by atoms with van der Waals surface area (Å²) in [5.41, 5.74) is 4.69. The summed E-state index contributed by atoms with van der Waals surface area (Å²) in [6.07, 6.45) is 0. The highest BCUT2D eigenvalue weighted by molar-refractivity contribution is 5.73. The van der Waals surface area contributed by atoms with Crippen molar-refractivity contribution in [1.82, 2.24) is 0 Å². The number of amidine groups is 1. The Hall–Kier alpha value is -0.240. The van der Waals surface area contributed by atoms with Gasteiger partial charge in [0.1, 0.15) is 0 Å². The van der Waals surface area contributed by atoms with Crippen LogP contribution in [0.15, 0.2) is 0 Å². The molecular weight excluding hydrogens is 87.5 g/mol. The minimum absolute atomic E-state index is 0. The van der Waals surface area contributed by atoms with E-state index in [9.17, 15) is 0 Å². The van der Waals surface area contributed by atoms with Crippen molar-refractivity contribution < 1.29 is 13.8 Å². The van der Waals surface area contributed by atoms with E-state index in [4.69, 9.17) is 11.1 Å². The van der Waals surface area contributed by atoms with Crippen molar-refractivity contribution >= 4 is 5.84 Å². The van der Waals surface area contributed by atoms with Crippen LogP contribution in [0.2, 0.25) is 0 Å². The second-order valence-electron chi connectivity index (χ2n) is 0.683. The first-order valence-electron chi connectivity index (χ1n) is 1.04. The molecule has 0 rings (SSSR count). The van der Waals surface area contributed by atoms with Crippen LogP contribution < -0.4 is 18.1 Å². The van der Waals surface area contributed by atoms with Crippen LogP contribution >= 0.6 is 0 Å². The molecule has 0 spiro atoms. The normalized spacial score (nSPS) is 5.00. The van der Waals surface area contributed by atoms with E-state index in [2.05, 4.69) is 0 Å². The molecule has 0 aromatic carbocycles. The third kappa shape index (κ3) is 202. The zero-order valence-corrected chi connectivity index (χ0v) is 3.71. The maximum Gasteiger partial charge on any atom is 1.00 e. The van der Waals surface area contributed by atoms with Crippen LogP contribution in [0, 0.1) is 5.41 Å². The molecule has 0 aliphatic carbocycles. The minimum Gasteiger partial charge on any atom is -1.00 e. The molecule has 0 heterocycles. The van der Waals surface area contributed by atoms with E-state index in [1.54, 1.807) is 0 Å². The first-order chi connectivity index (χ1) is 1.73. The standard InChI is InChI=1S/C2H6N2.ClH/c1-2(3)4;/h1H3,(H3,3,4);1H. The Labute approximate surface area is 38.8 Å². The molecule has 0 saturated carbocycles. The monoisotopic (exact) mass is 94.0 g/mol. The third-order valence-electron chi connectivity index (χ3n) is 0. The lowest BCUT2D eigenvalue weighted by Crippen LogP contribution is -3.00. The van der Waals surface area contributed by atoms with E-state index in [1.807, 2.05) is 0 Å². The van der Waals surface area contributed by atoms with Crippen molar-refractivity contribution in [2.75, 3.05) is 0 Å². The Balaban J connectivity index is -0.0000000450. The molecule has 0 radical (unpaired) electrons. The third-order valence-corrected chi connectivity index (χ3v) is 0. The van der Waals surface area contributed by atoms with E-state index >= 15 is 0 Å². The summed E-state index contributed by atoms with van der Waals surface area (Å²) in [4.78, 5) is 0. The summed E-state index contributed by atoms with van der Waals surface area (Å²) in [6, 6.07) is 0. The Kier molecular flexibility index (Phi) is 6.64. The average molecular weight is 94.5 g/mol. The fraction of sp³-hybridized carbons (Fsp3) is 0.500. The summed E-state index contributed by atoms with van der Waals surface area (Å²) in [5, 5.41) is 6.28. The van der Waals surface area contributed by atoms with Gasteiger partial charge in [0, 0.05) is 0 Å². The van der Waals surface area contributed by atoms with Gasteiger partial charge in [0.2, 0.25) is 0 Å². The molecule has 0 bridgehead atoms. The fourth-order valence-corrected chi connectivity index (χ4v) is 0. The average Bonchev–Trinajstić information content (AvgIpc) is 0.811. The van der Waals surface area contributed by atoms with Crippen molar-refractivity contribution in [2.24, 2.45) is 5.73 Å². The SMILES string of the molecule is CC(=N)N.[Cl-].[H+]. The number of nitrogens with one attached hydrogen (secondary N) is 1. The van der Waals surface area contributed by atoms with Crippen LogP contribution in [0.5, 0.6) is 0 Å². The quantitative estimate of drug-likeness (QED) is 0.245. The number of hydrogen-bond acceptors (Lipinski definition) is 1. The largest absolute Gasteiger partial charge is 1.00 e. The minimum atomic E-state index is 0. The number of nitrogens with two attached hydrogens (primary N) is 1. The van der Waals surface area contributed by atoms with Crippen molar-refractivity contribution in [3.8, 4) is 0 Å². The second kappa shape index (κ2) is 3.76. The van der Waals surface area contributed by atoms with Gasteiger partial charge < -0.3 is 18.1 Å². The maximum absolute atomic E-state index is 6.28. The van der Waals surface area contributed by atoms with Gasteiger partial charge >= 0.3 is 1.43 Å².